The van der Waals surface area contributed by atoms with E-state index < -0.39 is 6.36 Å². The van der Waals surface area contributed by atoms with Crippen LogP contribution < -0.4 is 20.3 Å². The zero-order valence-electron chi connectivity index (χ0n) is 21.0. The van der Waals surface area contributed by atoms with E-state index in [2.05, 4.69) is 45.4 Å². The Balaban J connectivity index is 1.34. The maximum atomic E-state index is 12.4. The van der Waals surface area contributed by atoms with Gasteiger partial charge >= 0.3 is 6.36 Å². The number of thiocarbonyl (C=S) groups is 1. The SMILES string of the molecule is CC(C)c1ccccc1NC(=S)NCN(C)c1ccc(-c2ncn(-c3ccc(OC(F)(F)F)cc3)n2)cc1. The molecule has 0 spiro atoms. The van der Waals surface area contributed by atoms with Crippen LogP contribution in [0.3, 0.4) is 0 Å². The van der Waals surface area contributed by atoms with Gasteiger partial charge in [0.2, 0.25) is 0 Å². The third kappa shape index (κ3) is 7.00. The topological polar surface area (TPSA) is 67.2 Å². The number of benzene rings is 3. The van der Waals surface area contributed by atoms with Gasteiger partial charge in [-0.25, -0.2) is 9.67 Å². The number of hydrogen-bond acceptors (Lipinski definition) is 5. The third-order valence-electron chi connectivity index (χ3n) is 5.70. The quantitative estimate of drug-likeness (QED) is 0.200. The van der Waals surface area contributed by atoms with Gasteiger partial charge in [-0.15, -0.1) is 18.3 Å². The Hall–Kier alpha value is -4.12. The molecular weight excluding hydrogens is 513 g/mol. The Morgan fingerprint density at radius 1 is 1.03 bits per heavy atom. The van der Waals surface area contributed by atoms with E-state index in [9.17, 15) is 13.2 Å². The molecule has 2 N–H and O–H groups in total. The minimum Gasteiger partial charge on any atom is -0.406 e. The molecule has 0 fully saturated rings. The van der Waals surface area contributed by atoms with Crippen molar-refractivity contribution in [3.8, 4) is 22.8 Å². The predicted octanol–water partition coefficient (Wildman–Crippen LogP) is 6.34. The molecule has 0 amide bonds. The summed E-state index contributed by atoms with van der Waals surface area (Å²) in [4.78, 5) is 6.34. The molecule has 3 aromatic carbocycles. The smallest absolute Gasteiger partial charge is 0.406 e. The molecule has 1 heterocycles. The Labute approximate surface area is 224 Å². The van der Waals surface area contributed by atoms with E-state index in [-0.39, 0.29) is 5.75 Å². The molecule has 38 heavy (non-hydrogen) atoms. The Bertz CT molecular complexity index is 1370. The van der Waals surface area contributed by atoms with E-state index in [1.165, 1.54) is 40.8 Å². The van der Waals surface area contributed by atoms with Gasteiger partial charge in [0.05, 0.1) is 12.4 Å². The highest BCUT2D eigenvalue weighted by Crippen LogP contribution is 2.25. The van der Waals surface area contributed by atoms with Gasteiger partial charge in [0, 0.05) is 24.0 Å². The molecule has 0 bridgehead atoms. The van der Waals surface area contributed by atoms with Crippen molar-refractivity contribution in [1.29, 1.82) is 0 Å². The largest absolute Gasteiger partial charge is 0.573 e. The minimum absolute atomic E-state index is 0.298. The first-order valence-electron chi connectivity index (χ1n) is 11.8. The molecule has 0 atom stereocenters. The highest BCUT2D eigenvalue weighted by atomic mass is 32.1. The summed E-state index contributed by atoms with van der Waals surface area (Å²) in [6.45, 7) is 4.78. The van der Waals surface area contributed by atoms with E-state index in [0.717, 1.165) is 16.9 Å². The average Bonchev–Trinajstić information content (AvgIpc) is 3.37. The normalized spacial score (nSPS) is 11.3. The van der Waals surface area contributed by atoms with Gasteiger partial charge in [0.15, 0.2) is 10.9 Å². The van der Waals surface area contributed by atoms with Gasteiger partial charge < -0.3 is 20.3 Å². The van der Waals surface area contributed by atoms with Crippen molar-refractivity contribution in [2.75, 3.05) is 23.9 Å². The number of para-hydroxylation sites is 1. The zero-order valence-corrected chi connectivity index (χ0v) is 21.8. The van der Waals surface area contributed by atoms with Crippen LogP contribution in [0.2, 0.25) is 0 Å². The van der Waals surface area contributed by atoms with Gasteiger partial charge in [-0.3, -0.25) is 0 Å². The Morgan fingerprint density at radius 3 is 2.37 bits per heavy atom. The van der Waals surface area contributed by atoms with Crippen molar-refractivity contribution < 1.29 is 17.9 Å². The molecule has 11 heteroatoms. The number of halogens is 3. The fourth-order valence-corrected chi connectivity index (χ4v) is 3.92. The highest BCUT2D eigenvalue weighted by molar-refractivity contribution is 7.80. The highest BCUT2D eigenvalue weighted by Gasteiger charge is 2.31. The van der Waals surface area contributed by atoms with Crippen LogP contribution in [0.4, 0.5) is 24.5 Å². The Kier molecular flexibility index (Phi) is 8.16. The van der Waals surface area contributed by atoms with Crippen LogP contribution in [0.15, 0.2) is 79.1 Å². The molecule has 4 aromatic rings. The summed E-state index contributed by atoms with van der Waals surface area (Å²) in [5.74, 6) is 0.567. The summed E-state index contributed by atoms with van der Waals surface area (Å²) in [6.07, 6.45) is -3.23. The summed E-state index contributed by atoms with van der Waals surface area (Å²) in [6, 6.07) is 21.2. The van der Waals surface area contributed by atoms with Gasteiger partial charge in [0.25, 0.3) is 0 Å². The number of rotatable bonds is 8. The number of nitrogens with zero attached hydrogens (tertiary/aromatic N) is 4. The molecule has 0 saturated carbocycles. The molecule has 0 saturated heterocycles. The molecule has 7 nitrogen and oxygen atoms in total. The van der Waals surface area contributed by atoms with Crippen molar-refractivity contribution in [3.05, 3.63) is 84.7 Å². The molecule has 0 aliphatic carbocycles. The third-order valence-corrected chi connectivity index (χ3v) is 5.95. The van der Waals surface area contributed by atoms with Gasteiger partial charge in [0.1, 0.15) is 12.1 Å². The number of ether oxygens (including phenoxy) is 1. The van der Waals surface area contributed by atoms with Crippen LogP contribution in [0.1, 0.15) is 25.3 Å². The van der Waals surface area contributed by atoms with E-state index in [1.807, 2.05) is 54.4 Å². The minimum atomic E-state index is -4.74. The second-order valence-electron chi connectivity index (χ2n) is 8.83. The van der Waals surface area contributed by atoms with Crippen molar-refractivity contribution in [3.63, 3.8) is 0 Å². The summed E-state index contributed by atoms with van der Waals surface area (Å²) in [5, 5.41) is 11.5. The Morgan fingerprint density at radius 2 is 1.71 bits per heavy atom. The lowest BCUT2D eigenvalue weighted by atomic mass is 10.0. The van der Waals surface area contributed by atoms with Crippen LogP contribution in [-0.2, 0) is 0 Å². The molecule has 0 aliphatic heterocycles. The monoisotopic (exact) mass is 540 g/mol. The number of aromatic nitrogens is 3. The molecule has 0 unspecified atom stereocenters. The van der Waals surface area contributed by atoms with Crippen molar-refractivity contribution in [1.82, 2.24) is 20.1 Å². The number of hydrogen-bond donors (Lipinski definition) is 2. The van der Waals surface area contributed by atoms with Crippen molar-refractivity contribution >= 4 is 28.7 Å². The van der Waals surface area contributed by atoms with Gasteiger partial charge in [-0.1, -0.05) is 32.0 Å². The zero-order chi connectivity index (χ0) is 27.3. The molecule has 1 aromatic heterocycles. The van der Waals surface area contributed by atoms with Crippen LogP contribution in [0.5, 0.6) is 5.75 Å². The van der Waals surface area contributed by atoms with E-state index in [0.29, 0.717) is 29.2 Å². The maximum absolute atomic E-state index is 12.4. The lowest BCUT2D eigenvalue weighted by molar-refractivity contribution is -0.274. The first-order chi connectivity index (χ1) is 18.1. The van der Waals surface area contributed by atoms with Crippen LogP contribution >= 0.6 is 12.2 Å². The number of nitrogens with one attached hydrogen (secondary N) is 2. The maximum Gasteiger partial charge on any atom is 0.573 e. The van der Waals surface area contributed by atoms with Gasteiger partial charge in [-0.2, -0.15) is 0 Å². The summed E-state index contributed by atoms with van der Waals surface area (Å²) >= 11 is 5.48. The van der Waals surface area contributed by atoms with E-state index >= 15 is 0 Å². The fourth-order valence-electron chi connectivity index (χ4n) is 3.75. The molecule has 0 aliphatic rings. The lowest BCUT2D eigenvalue weighted by Crippen LogP contribution is -2.37. The average molecular weight is 541 g/mol. The fraction of sp³-hybridized carbons (Fsp3) is 0.222. The molecular formula is C27H27F3N6OS. The first kappa shape index (κ1) is 26.9. The van der Waals surface area contributed by atoms with Crippen LogP contribution in [0, 0.1) is 0 Å². The second-order valence-corrected chi connectivity index (χ2v) is 9.24. The van der Waals surface area contributed by atoms with Crippen molar-refractivity contribution in [2.45, 2.75) is 26.1 Å². The van der Waals surface area contributed by atoms with Gasteiger partial charge in [-0.05, 0) is 78.3 Å². The standard InChI is InChI=1S/C27H27F3N6OS/c1-18(2)23-6-4-5-7-24(23)33-26(38)32-16-35(3)20-10-8-19(9-11-20)25-31-17-36(34-25)21-12-14-22(15-13-21)37-27(28,29)30/h4-15,17-18H,16H2,1-3H3,(H2,32,33,38). The first-order valence-corrected chi connectivity index (χ1v) is 12.2. The molecule has 198 valence electrons. The van der Waals surface area contributed by atoms with Crippen molar-refractivity contribution in [2.24, 2.45) is 0 Å². The molecule has 4 rings (SSSR count). The molecule has 0 radical (unpaired) electrons. The number of alkyl halides is 3. The summed E-state index contributed by atoms with van der Waals surface area (Å²) < 4.78 is 42.5. The van der Waals surface area contributed by atoms with E-state index in [1.54, 1.807) is 0 Å². The second kappa shape index (κ2) is 11.5. The summed E-state index contributed by atoms with van der Waals surface area (Å²) in [7, 11) is 1.95. The van der Waals surface area contributed by atoms with Crippen LogP contribution in [-0.4, -0.2) is 40.0 Å². The lowest BCUT2D eigenvalue weighted by Gasteiger charge is -2.22. The van der Waals surface area contributed by atoms with Crippen LogP contribution in [0.25, 0.3) is 17.1 Å². The summed E-state index contributed by atoms with van der Waals surface area (Å²) in [5.41, 5.74) is 4.51. The number of anilines is 2. The predicted molar refractivity (Wildman–Crippen MR) is 147 cm³/mol. The van der Waals surface area contributed by atoms with E-state index in [4.69, 9.17) is 12.2 Å².